The fraction of sp³-hybridized carbons (Fsp3) is 0.455. The van der Waals surface area contributed by atoms with E-state index in [0.29, 0.717) is 17.7 Å². The Morgan fingerprint density at radius 1 is 1.27 bits per heavy atom. The molecular formula is C11H12F3N. The number of alkyl halides is 3. The predicted molar refractivity (Wildman–Crippen MR) is 52.8 cm³/mol. The molecule has 1 heterocycles. The van der Waals surface area contributed by atoms with E-state index in [1.807, 2.05) is 13.8 Å². The lowest BCUT2D eigenvalue weighted by molar-refractivity contribution is -0.138. The zero-order valence-electron chi connectivity index (χ0n) is 8.57. The molecule has 0 saturated carbocycles. The van der Waals surface area contributed by atoms with Crippen molar-refractivity contribution in [1.29, 1.82) is 0 Å². The molecule has 1 aromatic rings. The summed E-state index contributed by atoms with van der Waals surface area (Å²) in [6.45, 7) is 3.79. The number of benzene rings is 1. The van der Waals surface area contributed by atoms with Crippen LogP contribution in [0.2, 0.25) is 0 Å². The molecule has 0 saturated heterocycles. The molecule has 1 nitrogen and oxygen atoms in total. The quantitative estimate of drug-likeness (QED) is 0.698. The highest BCUT2D eigenvalue weighted by Crippen LogP contribution is 2.41. The topological polar surface area (TPSA) is 12.0 Å². The Kier molecular flexibility index (Phi) is 2.00. The summed E-state index contributed by atoms with van der Waals surface area (Å²) in [4.78, 5) is 0. The smallest absolute Gasteiger partial charge is 0.380 e. The van der Waals surface area contributed by atoms with E-state index in [9.17, 15) is 13.2 Å². The van der Waals surface area contributed by atoms with Gasteiger partial charge in [-0.05, 0) is 38.0 Å². The van der Waals surface area contributed by atoms with Gasteiger partial charge in [0.2, 0.25) is 0 Å². The van der Waals surface area contributed by atoms with Gasteiger partial charge in [0, 0.05) is 11.2 Å². The minimum atomic E-state index is -4.26. The van der Waals surface area contributed by atoms with E-state index in [4.69, 9.17) is 0 Å². The maximum atomic E-state index is 12.7. The van der Waals surface area contributed by atoms with Crippen molar-refractivity contribution in [3.05, 3.63) is 29.3 Å². The highest BCUT2D eigenvalue weighted by molar-refractivity contribution is 5.61. The first kappa shape index (κ1) is 10.3. The van der Waals surface area contributed by atoms with Gasteiger partial charge >= 0.3 is 6.18 Å². The Morgan fingerprint density at radius 3 is 2.53 bits per heavy atom. The van der Waals surface area contributed by atoms with Crippen molar-refractivity contribution in [3.63, 3.8) is 0 Å². The van der Waals surface area contributed by atoms with Crippen molar-refractivity contribution in [2.24, 2.45) is 0 Å². The lowest BCUT2D eigenvalue weighted by Gasteiger charge is -2.17. The lowest BCUT2D eigenvalue weighted by Crippen LogP contribution is -2.27. The Hall–Kier alpha value is -1.19. The van der Waals surface area contributed by atoms with Crippen molar-refractivity contribution in [3.8, 4) is 0 Å². The van der Waals surface area contributed by atoms with Crippen LogP contribution >= 0.6 is 0 Å². The van der Waals surface area contributed by atoms with Crippen LogP contribution in [0.1, 0.15) is 25.0 Å². The van der Waals surface area contributed by atoms with Crippen LogP contribution in [-0.2, 0) is 12.6 Å². The van der Waals surface area contributed by atoms with Crippen molar-refractivity contribution < 1.29 is 13.2 Å². The molecule has 0 spiro atoms. The fourth-order valence-electron chi connectivity index (χ4n) is 2.01. The Bertz CT molecular complexity index is 393. The van der Waals surface area contributed by atoms with Crippen molar-refractivity contribution in [2.45, 2.75) is 32.0 Å². The van der Waals surface area contributed by atoms with Crippen LogP contribution in [0.3, 0.4) is 0 Å². The molecule has 1 aromatic carbocycles. The Balaban J connectivity index is 2.51. The summed E-state index contributed by atoms with van der Waals surface area (Å²) in [5.41, 5.74) is 0.187. The zero-order chi connectivity index (χ0) is 11.3. The van der Waals surface area contributed by atoms with Crippen molar-refractivity contribution in [1.82, 2.24) is 0 Å². The van der Waals surface area contributed by atoms with Gasteiger partial charge in [-0.25, -0.2) is 0 Å². The van der Waals surface area contributed by atoms with Gasteiger partial charge in [0.25, 0.3) is 0 Å². The second-order valence-corrected chi connectivity index (χ2v) is 4.52. The molecule has 1 aliphatic heterocycles. The summed E-state index contributed by atoms with van der Waals surface area (Å²) < 4.78 is 38.0. The molecule has 0 aliphatic carbocycles. The first-order valence-electron chi connectivity index (χ1n) is 4.77. The first-order chi connectivity index (χ1) is 6.80. The normalized spacial score (nSPS) is 18.5. The molecule has 0 bridgehead atoms. The molecule has 0 fully saturated rings. The van der Waals surface area contributed by atoms with E-state index in [0.717, 1.165) is 6.07 Å². The monoisotopic (exact) mass is 215 g/mol. The third-order valence-electron chi connectivity index (χ3n) is 2.57. The Morgan fingerprint density at radius 2 is 1.93 bits per heavy atom. The number of nitrogens with one attached hydrogen (secondary N) is 1. The number of anilines is 1. The summed E-state index contributed by atoms with van der Waals surface area (Å²) in [6, 6.07) is 4.28. The van der Waals surface area contributed by atoms with Crippen molar-refractivity contribution in [2.75, 3.05) is 5.32 Å². The summed E-state index contributed by atoms with van der Waals surface area (Å²) in [5, 5.41) is 3.09. The molecule has 0 aromatic heterocycles. The van der Waals surface area contributed by atoms with Gasteiger partial charge in [0.1, 0.15) is 0 Å². The summed E-state index contributed by atoms with van der Waals surface area (Å²) in [7, 11) is 0. The van der Waals surface area contributed by atoms with E-state index in [1.54, 1.807) is 6.07 Å². The molecular weight excluding hydrogens is 203 g/mol. The van der Waals surface area contributed by atoms with E-state index >= 15 is 0 Å². The maximum absolute atomic E-state index is 12.7. The number of halogens is 3. The first-order valence-corrected chi connectivity index (χ1v) is 4.77. The molecule has 4 heteroatoms. The number of rotatable bonds is 0. The molecule has 82 valence electrons. The molecule has 1 aliphatic rings. The third kappa shape index (κ3) is 1.80. The van der Waals surface area contributed by atoms with Crippen LogP contribution in [0.15, 0.2) is 18.2 Å². The van der Waals surface area contributed by atoms with Gasteiger partial charge in [-0.2, -0.15) is 13.2 Å². The summed E-state index contributed by atoms with van der Waals surface area (Å²) in [5.74, 6) is 0. The van der Waals surface area contributed by atoms with Crippen LogP contribution in [0.25, 0.3) is 0 Å². The summed E-state index contributed by atoms with van der Waals surface area (Å²) in [6.07, 6.45) is -3.84. The number of fused-ring (bicyclic) bond motifs is 1. The molecule has 0 radical (unpaired) electrons. The van der Waals surface area contributed by atoms with Gasteiger partial charge in [0.15, 0.2) is 0 Å². The summed E-state index contributed by atoms with van der Waals surface area (Å²) >= 11 is 0. The van der Waals surface area contributed by atoms with Crippen LogP contribution in [0.4, 0.5) is 18.9 Å². The predicted octanol–water partition coefficient (Wildman–Crippen LogP) is 3.45. The van der Waals surface area contributed by atoms with E-state index in [-0.39, 0.29) is 5.54 Å². The molecule has 0 atom stereocenters. The van der Waals surface area contributed by atoms with E-state index < -0.39 is 11.7 Å². The van der Waals surface area contributed by atoms with Gasteiger partial charge in [0.05, 0.1) is 5.56 Å². The van der Waals surface area contributed by atoms with Crippen LogP contribution in [0.5, 0.6) is 0 Å². The molecule has 2 rings (SSSR count). The van der Waals surface area contributed by atoms with Gasteiger partial charge in [-0.1, -0.05) is 6.07 Å². The van der Waals surface area contributed by atoms with Crippen molar-refractivity contribution >= 4 is 5.69 Å². The van der Waals surface area contributed by atoms with Gasteiger partial charge in [-0.15, -0.1) is 0 Å². The number of hydrogen-bond acceptors (Lipinski definition) is 1. The SMILES string of the molecule is CC1(C)Cc2c(cccc2C(F)(F)F)N1. The molecule has 1 N–H and O–H groups in total. The fourth-order valence-corrected chi connectivity index (χ4v) is 2.01. The van der Waals surface area contributed by atoms with Crippen LogP contribution < -0.4 is 5.32 Å². The standard InChI is InChI=1S/C11H12F3N/c1-10(2)6-7-8(11(12,13)14)4-3-5-9(7)15-10/h3-5,15H,6H2,1-2H3. The zero-order valence-corrected chi connectivity index (χ0v) is 8.57. The van der Waals surface area contributed by atoms with E-state index in [2.05, 4.69) is 5.32 Å². The second-order valence-electron chi connectivity index (χ2n) is 4.52. The molecule has 0 amide bonds. The van der Waals surface area contributed by atoms with Crippen LogP contribution in [0, 0.1) is 0 Å². The Labute approximate surface area is 86.3 Å². The van der Waals surface area contributed by atoms with E-state index in [1.165, 1.54) is 6.07 Å². The van der Waals surface area contributed by atoms with Crippen LogP contribution in [-0.4, -0.2) is 5.54 Å². The van der Waals surface area contributed by atoms with Gasteiger partial charge < -0.3 is 5.32 Å². The largest absolute Gasteiger partial charge is 0.416 e. The third-order valence-corrected chi connectivity index (χ3v) is 2.57. The number of hydrogen-bond donors (Lipinski definition) is 1. The molecule has 0 unspecified atom stereocenters. The average Bonchev–Trinajstić information content (AvgIpc) is 2.35. The lowest BCUT2D eigenvalue weighted by atomic mass is 9.97. The van der Waals surface area contributed by atoms with Gasteiger partial charge in [-0.3, -0.25) is 0 Å². The highest BCUT2D eigenvalue weighted by atomic mass is 19.4. The average molecular weight is 215 g/mol. The minimum Gasteiger partial charge on any atom is -0.380 e. The second kappa shape index (κ2) is 2.90. The minimum absolute atomic E-state index is 0.288. The maximum Gasteiger partial charge on any atom is 0.416 e. The highest BCUT2D eigenvalue weighted by Gasteiger charge is 2.38. The molecule has 15 heavy (non-hydrogen) atoms.